The van der Waals surface area contributed by atoms with Crippen LogP contribution in [0.4, 0.5) is 5.69 Å². The van der Waals surface area contributed by atoms with Crippen LogP contribution in [0.5, 0.6) is 0 Å². The molecule has 0 atom stereocenters. The summed E-state index contributed by atoms with van der Waals surface area (Å²) in [5.41, 5.74) is 2.21. The fourth-order valence-corrected chi connectivity index (χ4v) is 3.14. The first kappa shape index (κ1) is 15.3. The Morgan fingerprint density at radius 1 is 0.957 bits per heavy atom. The van der Waals surface area contributed by atoms with E-state index in [1.807, 2.05) is 24.3 Å². The van der Waals surface area contributed by atoms with Crippen molar-refractivity contribution in [3.63, 3.8) is 0 Å². The number of benzene rings is 2. The van der Waals surface area contributed by atoms with E-state index in [1.54, 1.807) is 18.2 Å². The largest absolute Gasteiger partial charge is 0.478 e. The maximum absolute atomic E-state index is 12.3. The molecule has 0 saturated heterocycles. The molecule has 0 unspecified atom stereocenters. The predicted octanol–water partition coefficient (Wildman–Crippen LogP) is 4.29. The number of para-hydroxylation sites is 1. The molecule has 118 valence electrons. The summed E-state index contributed by atoms with van der Waals surface area (Å²) in [7, 11) is 0. The molecule has 0 bridgehead atoms. The third-order valence-corrected chi connectivity index (χ3v) is 4.41. The van der Waals surface area contributed by atoms with Gasteiger partial charge in [0.25, 0.3) is 5.91 Å². The summed E-state index contributed by atoms with van der Waals surface area (Å²) in [6.45, 7) is 0. The zero-order valence-corrected chi connectivity index (χ0v) is 12.8. The van der Waals surface area contributed by atoms with Crippen LogP contribution >= 0.6 is 0 Å². The van der Waals surface area contributed by atoms with E-state index in [4.69, 9.17) is 5.11 Å². The highest BCUT2D eigenvalue weighted by Crippen LogP contribution is 2.34. The number of aromatic carboxylic acids is 1. The number of carboxylic acids is 1. The van der Waals surface area contributed by atoms with Crippen LogP contribution in [0.2, 0.25) is 0 Å². The molecule has 23 heavy (non-hydrogen) atoms. The van der Waals surface area contributed by atoms with Gasteiger partial charge in [-0.3, -0.25) is 4.79 Å². The van der Waals surface area contributed by atoms with Gasteiger partial charge in [-0.25, -0.2) is 4.79 Å². The Balaban J connectivity index is 1.74. The second-order valence-corrected chi connectivity index (χ2v) is 5.91. The molecule has 3 rings (SSSR count). The van der Waals surface area contributed by atoms with E-state index in [1.165, 1.54) is 37.3 Å². The van der Waals surface area contributed by atoms with Crippen molar-refractivity contribution in [3.8, 4) is 0 Å². The van der Waals surface area contributed by atoms with Crippen molar-refractivity contribution in [2.45, 2.75) is 31.6 Å². The van der Waals surface area contributed by atoms with Crippen molar-refractivity contribution < 1.29 is 14.7 Å². The fraction of sp³-hybridized carbons (Fsp3) is 0.263. The number of amides is 1. The average molecular weight is 309 g/mol. The number of hydrogen-bond acceptors (Lipinski definition) is 2. The van der Waals surface area contributed by atoms with Gasteiger partial charge in [0.05, 0.1) is 11.3 Å². The monoisotopic (exact) mass is 309 g/mol. The van der Waals surface area contributed by atoms with Gasteiger partial charge in [-0.05, 0) is 48.6 Å². The van der Waals surface area contributed by atoms with Gasteiger partial charge >= 0.3 is 5.97 Å². The summed E-state index contributed by atoms with van der Waals surface area (Å²) in [6.07, 6.45) is 4.99. The molecule has 4 nitrogen and oxygen atoms in total. The summed E-state index contributed by atoms with van der Waals surface area (Å²) in [6, 6.07) is 14.0. The summed E-state index contributed by atoms with van der Waals surface area (Å²) in [5, 5.41) is 11.8. The molecule has 0 spiro atoms. The van der Waals surface area contributed by atoms with Crippen LogP contribution in [-0.4, -0.2) is 17.0 Å². The van der Waals surface area contributed by atoms with Crippen molar-refractivity contribution >= 4 is 17.6 Å². The maximum Gasteiger partial charge on any atom is 0.337 e. The molecule has 1 saturated carbocycles. The molecule has 1 aliphatic rings. The fourth-order valence-electron chi connectivity index (χ4n) is 3.14. The number of carbonyl (C=O) groups is 2. The van der Waals surface area contributed by atoms with E-state index in [0.29, 0.717) is 17.2 Å². The molecule has 4 heteroatoms. The van der Waals surface area contributed by atoms with Gasteiger partial charge in [-0.15, -0.1) is 0 Å². The highest BCUT2D eigenvalue weighted by molar-refractivity contribution is 6.07. The molecule has 2 aromatic rings. The van der Waals surface area contributed by atoms with Crippen LogP contribution in [0, 0.1) is 0 Å². The zero-order chi connectivity index (χ0) is 16.2. The minimum atomic E-state index is -1.06. The van der Waals surface area contributed by atoms with Crippen molar-refractivity contribution in [1.82, 2.24) is 0 Å². The van der Waals surface area contributed by atoms with E-state index in [2.05, 4.69) is 5.32 Å². The SMILES string of the molecule is O=C(Nc1ccccc1C(=O)O)c1ccc(C2CCCC2)cc1. The predicted molar refractivity (Wildman–Crippen MR) is 89.0 cm³/mol. The maximum atomic E-state index is 12.3. The molecule has 0 aliphatic heterocycles. The minimum absolute atomic E-state index is 0.0865. The molecule has 2 N–H and O–H groups in total. The summed E-state index contributed by atoms with van der Waals surface area (Å²) in [5.74, 6) is -0.742. The molecular weight excluding hydrogens is 290 g/mol. The van der Waals surface area contributed by atoms with Crippen molar-refractivity contribution in [2.24, 2.45) is 0 Å². The van der Waals surface area contributed by atoms with E-state index in [-0.39, 0.29) is 11.5 Å². The quantitative estimate of drug-likeness (QED) is 0.885. The Morgan fingerprint density at radius 3 is 2.26 bits per heavy atom. The van der Waals surface area contributed by atoms with Gasteiger partial charge in [-0.1, -0.05) is 37.1 Å². The first-order chi connectivity index (χ1) is 11.1. The van der Waals surface area contributed by atoms with E-state index < -0.39 is 5.97 Å². The minimum Gasteiger partial charge on any atom is -0.478 e. The second kappa shape index (κ2) is 6.65. The van der Waals surface area contributed by atoms with Crippen LogP contribution in [0.1, 0.15) is 57.9 Å². The Labute approximate surface area is 135 Å². The van der Waals surface area contributed by atoms with Crippen molar-refractivity contribution in [2.75, 3.05) is 5.32 Å². The third kappa shape index (κ3) is 3.42. The van der Waals surface area contributed by atoms with E-state index in [9.17, 15) is 9.59 Å². The molecule has 0 radical (unpaired) electrons. The Kier molecular flexibility index (Phi) is 4.42. The van der Waals surface area contributed by atoms with E-state index >= 15 is 0 Å². The van der Waals surface area contributed by atoms with E-state index in [0.717, 1.165) is 0 Å². The number of rotatable bonds is 4. The molecule has 1 aliphatic carbocycles. The summed E-state index contributed by atoms with van der Waals surface area (Å²) < 4.78 is 0. The number of anilines is 1. The van der Waals surface area contributed by atoms with Crippen LogP contribution in [0.15, 0.2) is 48.5 Å². The third-order valence-electron chi connectivity index (χ3n) is 4.41. The van der Waals surface area contributed by atoms with Gasteiger partial charge < -0.3 is 10.4 Å². The zero-order valence-electron chi connectivity index (χ0n) is 12.8. The van der Waals surface area contributed by atoms with Crippen LogP contribution in [0.25, 0.3) is 0 Å². The lowest BCUT2D eigenvalue weighted by Gasteiger charge is -2.11. The highest BCUT2D eigenvalue weighted by atomic mass is 16.4. The highest BCUT2D eigenvalue weighted by Gasteiger charge is 2.18. The molecule has 1 fully saturated rings. The van der Waals surface area contributed by atoms with Crippen LogP contribution in [-0.2, 0) is 0 Å². The van der Waals surface area contributed by atoms with Crippen molar-refractivity contribution in [1.29, 1.82) is 0 Å². The Morgan fingerprint density at radius 2 is 1.61 bits per heavy atom. The first-order valence-corrected chi connectivity index (χ1v) is 7.89. The lowest BCUT2D eigenvalue weighted by molar-refractivity contribution is 0.0698. The smallest absolute Gasteiger partial charge is 0.337 e. The lowest BCUT2D eigenvalue weighted by atomic mass is 9.96. The Hall–Kier alpha value is -2.62. The van der Waals surface area contributed by atoms with Crippen LogP contribution in [0.3, 0.4) is 0 Å². The number of carboxylic acid groups (broad SMARTS) is 1. The van der Waals surface area contributed by atoms with Gasteiger partial charge in [0, 0.05) is 5.56 Å². The normalized spacial score (nSPS) is 14.6. The van der Waals surface area contributed by atoms with Crippen LogP contribution < -0.4 is 5.32 Å². The van der Waals surface area contributed by atoms with Gasteiger partial charge in [0.1, 0.15) is 0 Å². The molecule has 2 aromatic carbocycles. The molecular formula is C19H19NO3. The molecule has 0 aromatic heterocycles. The molecule has 1 amide bonds. The number of nitrogens with one attached hydrogen (secondary N) is 1. The van der Waals surface area contributed by atoms with Gasteiger partial charge in [0.2, 0.25) is 0 Å². The average Bonchev–Trinajstić information content (AvgIpc) is 3.10. The number of hydrogen-bond donors (Lipinski definition) is 2. The molecule has 0 heterocycles. The topological polar surface area (TPSA) is 66.4 Å². The first-order valence-electron chi connectivity index (χ1n) is 7.89. The second-order valence-electron chi connectivity index (χ2n) is 5.91. The standard InChI is InChI=1S/C19H19NO3/c21-18(20-17-8-4-3-7-16(17)19(22)23)15-11-9-14(10-12-15)13-5-1-2-6-13/h3-4,7-13H,1-2,5-6H2,(H,20,21)(H,22,23). The summed E-state index contributed by atoms with van der Waals surface area (Å²) >= 11 is 0. The number of carbonyl (C=O) groups excluding carboxylic acids is 1. The summed E-state index contributed by atoms with van der Waals surface area (Å²) in [4.78, 5) is 23.5. The van der Waals surface area contributed by atoms with Gasteiger partial charge in [0.15, 0.2) is 0 Å². The van der Waals surface area contributed by atoms with Gasteiger partial charge in [-0.2, -0.15) is 0 Å². The van der Waals surface area contributed by atoms with Crippen molar-refractivity contribution in [3.05, 3.63) is 65.2 Å². The Bertz CT molecular complexity index is 716. The lowest BCUT2D eigenvalue weighted by Crippen LogP contribution is -2.14.